The van der Waals surface area contributed by atoms with Gasteiger partial charge in [0.25, 0.3) is 0 Å². The van der Waals surface area contributed by atoms with Gasteiger partial charge in [0.1, 0.15) is 17.2 Å². The molecule has 0 heterocycles. The number of benzene rings is 2. The third-order valence-corrected chi connectivity index (χ3v) is 2.68. The summed E-state index contributed by atoms with van der Waals surface area (Å²) in [5.74, 6) is 0.685. The lowest BCUT2D eigenvalue weighted by atomic mass is 10.2. The van der Waals surface area contributed by atoms with E-state index in [4.69, 9.17) is 9.47 Å². The van der Waals surface area contributed by atoms with Gasteiger partial charge < -0.3 is 14.6 Å². The highest BCUT2D eigenvalue weighted by atomic mass is 16.5. The lowest BCUT2D eigenvalue weighted by Crippen LogP contribution is -2.08. The van der Waals surface area contributed by atoms with Gasteiger partial charge in [0.2, 0.25) is 0 Å². The molecule has 0 fully saturated rings. The fourth-order valence-corrected chi connectivity index (χ4v) is 1.61. The van der Waals surface area contributed by atoms with Crippen LogP contribution in [-0.2, 0) is 0 Å². The summed E-state index contributed by atoms with van der Waals surface area (Å²) < 4.78 is 10.3. The molecular weight excluding hydrogens is 244 g/mol. The van der Waals surface area contributed by atoms with Crippen LogP contribution in [0.5, 0.6) is 17.2 Å². The number of hydrogen-bond donors (Lipinski definition) is 1. The van der Waals surface area contributed by atoms with Crippen molar-refractivity contribution in [2.24, 2.45) is 0 Å². The number of phenols is 1. The van der Waals surface area contributed by atoms with Crippen LogP contribution in [0.1, 0.15) is 15.9 Å². The van der Waals surface area contributed by atoms with Gasteiger partial charge in [-0.05, 0) is 48.9 Å². The summed E-state index contributed by atoms with van der Waals surface area (Å²) in [6.07, 6.45) is 0. The second kappa shape index (κ2) is 5.44. The first kappa shape index (κ1) is 13.0. The molecule has 0 aromatic heterocycles. The molecule has 0 radical (unpaired) electrons. The zero-order valence-electron chi connectivity index (χ0n) is 10.7. The lowest BCUT2D eigenvalue weighted by molar-refractivity contribution is 0.0734. The van der Waals surface area contributed by atoms with Crippen LogP contribution in [-0.4, -0.2) is 18.2 Å². The molecule has 0 spiro atoms. The summed E-state index contributed by atoms with van der Waals surface area (Å²) in [5.41, 5.74) is 1.06. The Balaban J connectivity index is 2.18. The Kier molecular flexibility index (Phi) is 3.71. The van der Waals surface area contributed by atoms with Crippen LogP contribution in [0.3, 0.4) is 0 Å². The number of carbonyl (C=O) groups is 1. The number of aromatic hydroxyl groups is 1. The molecule has 0 bridgehead atoms. The molecule has 0 aliphatic rings. The molecular formula is C15H14O4. The summed E-state index contributed by atoms with van der Waals surface area (Å²) in [7, 11) is 1.54. The van der Waals surface area contributed by atoms with Crippen LogP contribution in [0.25, 0.3) is 0 Å². The summed E-state index contributed by atoms with van der Waals surface area (Å²) in [6.45, 7) is 1.73. The SMILES string of the molecule is COc1cccc(C(=O)Oc2ccc(O)c(C)c2)c1. The van der Waals surface area contributed by atoms with Crippen LogP contribution in [0.4, 0.5) is 0 Å². The van der Waals surface area contributed by atoms with E-state index in [9.17, 15) is 9.90 Å². The molecule has 4 nitrogen and oxygen atoms in total. The molecule has 0 saturated carbocycles. The van der Waals surface area contributed by atoms with E-state index in [1.165, 1.54) is 13.2 Å². The van der Waals surface area contributed by atoms with Gasteiger partial charge in [-0.1, -0.05) is 6.07 Å². The number of carbonyl (C=O) groups excluding carboxylic acids is 1. The van der Waals surface area contributed by atoms with Gasteiger partial charge in [-0.2, -0.15) is 0 Å². The topological polar surface area (TPSA) is 55.8 Å². The van der Waals surface area contributed by atoms with Crippen LogP contribution in [0.2, 0.25) is 0 Å². The van der Waals surface area contributed by atoms with Gasteiger partial charge in [0, 0.05) is 0 Å². The van der Waals surface area contributed by atoms with Gasteiger partial charge in [-0.3, -0.25) is 0 Å². The first-order valence-corrected chi connectivity index (χ1v) is 5.76. The van der Waals surface area contributed by atoms with Gasteiger partial charge in [-0.15, -0.1) is 0 Å². The molecule has 2 aromatic rings. The summed E-state index contributed by atoms with van der Waals surface area (Å²) in [5, 5.41) is 9.41. The molecule has 1 N–H and O–H groups in total. The Morgan fingerprint density at radius 1 is 1.11 bits per heavy atom. The fourth-order valence-electron chi connectivity index (χ4n) is 1.61. The number of hydrogen-bond acceptors (Lipinski definition) is 4. The number of ether oxygens (including phenoxy) is 2. The zero-order chi connectivity index (χ0) is 13.8. The van der Waals surface area contributed by atoms with Crippen molar-refractivity contribution in [2.75, 3.05) is 7.11 Å². The second-order valence-corrected chi connectivity index (χ2v) is 4.07. The molecule has 4 heteroatoms. The summed E-state index contributed by atoms with van der Waals surface area (Å²) >= 11 is 0. The highest BCUT2D eigenvalue weighted by Crippen LogP contribution is 2.23. The van der Waals surface area contributed by atoms with Crippen LogP contribution in [0, 0.1) is 6.92 Å². The van der Waals surface area contributed by atoms with E-state index in [-0.39, 0.29) is 5.75 Å². The van der Waals surface area contributed by atoms with Gasteiger partial charge >= 0.3 is 5.97 Å². The molecule has 0 atom stereocenters. The summed E-state index contributed by atoms with van der Waals surface area (Å²) in [4.78, 5) is 11.9. The normalized spacial score (nSPS) is 10.0. The Hall–Kier alpha value is -2.49. The van der Waals surface area contributed by atoms with Crippen molar-refractivity contribution in [2.45, 2.75) is 6.92 Å². The minimum absolute atomic E-state index is 0.168. The van der Waals surface area contributed by atoms with E-state index in [1.54, 1.807) is 43.3 Å². The highest BCUT2D eigenvalue weighted by Gasteiger charge is 2.10. The van der Waals surface area contributed by atoms with Crippen LogP contribution >= 0.6 is 0 Å². The van der Waals surface area contributed by atoms with Gasteiger partial charge in [0.05, 0.1) is 12.7 Å². The molecule has 0 aliphatic carbocycles. The van der Waals surface area contributed by atoms with Crippen molar-refractivity contribution in [1.82, 2.24) is 0 Å². The van der Waals surface area contributed by atoms with Crippen molar-refractivity contribution < 1.29 is 19.4 Å². The average molecular weight is 258 g/mol. The monoisotopic (exact) mass is 258 g/mol. The van der Waals surface area contributed by atoms with E-state index >= 15 is 0 Å². The lowest BCUT2D eigenvalue weighted by Gasteiger charge is -2.07. The number of rotatable bonds is 3. The van der Waals surface area contributed by atoms with E-state index in [0.29, 0.717) is 22.6 Å². The maximum atomic E-state index is 11.9. The molecule has 2 aromatic carbocycles. The predicted molar refractivity (Wildman–Crippen MR) is 70.8 cm³/mol. The maximum Gasteiger partial charge on any atom is 0.343 e. The van der Waals surface area contributed by atoms with Crippen LogP contribution < -0.4 is 9.47 Å². The quantitative estimate of drug-likeness (QED) is 0.679. The van der Waals surface area contributed by atoms with E-state index in [2.05, 4.69) is 0 Å². The van der Waals surface area contributed by atoms with Crippen molar-refractivity contribution >= 4 is 5.97 Å². The third kappa shape index (κ3) is 3.04. The highest BCUT2D eigenvalue weighted by molar-refractivity contribution is 5.91. The molecule has 0 unspecified atom stereocenters. The minimum Gasteiger partial charge on any atom is -0.508 e. The van der Waals surface area contributed by atoms with Crippen molar-refractivity contribution in [1.29, 1.82) is 0 Å². The molecule has 0 amide bonds. The van der Waals surface area contributed by atoms with Crippen molar-refractivity contribution in [3.8, 4) is 17.2 Å². The Morgan fingerprint density at radius 3 is 2.58 bits per heavy atom. The molecule has 2 rings (SSSR count). The third-order valence-electron chi connectivity index (χ3n) is 2.68. The number of phenolic OH excluding ortho intramolecular Hbond substituents is 1. The standard InChI is InChI=1S/C15H14O4/c1-10-8-13(6-7-14(10)16)19-15(17)11-4-3-5-12(9-11)18-2/h3-9,16H,1-2H3. The zero-order valence-corrected chi connectivity index (χ0v) is 10.7. The van der Waals surface area contributed by atoms with Gasteiger partial charge in [-0.25, -0.2) is 4.79 Å². The van der Waals surface area contributed by atoms with Crippen molar-refractivity contribution in [3.63, 3.8) is 0 Å². The fraction of sp³-hybridized carbons (Fsp3) is 0.133. The largest absolute Gasteiger partial charge is 0.508 e. The van der Waals surface area contributed by atoms with E-state index in [1.807, 2.05) is 0 Å². The minimum atomic E-state index is -0.469. The molecule has 0 saturated heterocycles. The van der Waals surface area contributed by atoms with Crippen molar-refractivity contribution in [3.05, 3.63) is 53.6 Å². The first-order chi connectivity index (χ1) is 9.10. The Morgan fingerprint density at radius 2 is 1.89 bits per heavy atom. The first-order valence-electron chi connectivity index (χ1n) is 5.76. The smallest absolute Gasteiger partial charge is 0.343 e. The summed E-state index contributed by atoms with van der Waals surface area (Å²) in [6, 6.07) is 11.4. The number of aryl methyl sites for hydroxylation is 1. The maximum absolute atomic E-state index is 11.9. The van der Waals surface area contributed by atoms with Crippen LogP contribution in [0.15, 0.2) is 42.5 Å². The molecule has 0 aliphatic heterocycles. The molecule has 19 heavy (non-hydrogen) atoms. The number of esters is 1. The number of methoxy groups -OCH3 is 1. The van der Waals surface area contributed by atoms with E-state index < -0.39 is 5.97 Å². The Labute approximate surface area is 111 Å². The average Bonchev–Trinajstić information content (AvgIpc) is 2.43. The second-order valence-electron chi connectivity index (χ2n) is 4.07. The van der Waals surface area contributed by atoms with Gasteiger partial charge in [0.15, 0.2) is 0 Å². The predicted octanol–water partition coefficient (Wildman–Crippen LogP) is 2.93. The Bertz CT molecular complexity index is 605. The molecule has 98 valence electrons. The van der Waals surface area contributed by atoms with E-state index in [0.717, 1.165) is 0 Å².